The van der Waals surface area contributed by atoms with Crippen molar-refractivity contribution in [3.63, 3.8) is 0 Å². The number of hydrogen-bond acceptors (Lipinski definition) is 5. The Hall–Kier alpha value is -3.71. The molecule has 3 aromatic rings. The summed E-state index contributed by atoms with van der Waals surface area (Å²) in [6.07, 6.45) is 5.34. The molecule has 2 amide bonds. The minimum absolute atomic E-state index is 0.0149. The van der Waals surface area contributed by atoms with Gasteiger partial charge in [0.15, 0.2) is 0 Å². The highest BCUT2D eigenvalue weighted by Gasteiger charge is 2.53. The summed E-state index contributed by atoms with van der Waals surface area (Å²) in [5, 5.41) is 3.09. The van der Waals surface area contributed by atoms with Crippen molar-refractivity contribution in [2.24, 2.45) is 5.92 Å². The highest BCUT2D eigenvalue weighted by atomic mass is 16.5. The second-order valence-electron chi connectivity index (χ2n) is 10.8. The molecule has 0 aliphatic carbocycles. The molecule has 0 radical (unpaired) electrons. The van der Waals surface area contributed by atoms with Crippen LogP contribution in [0.4, 0.5) is 0 Å². The molecule has 2 saturated heterocycles. The van der Waals surface area contributed by atoms with Gasteiger partial charge in [0.25, 0.3) is 0 Å². The van der Waals surface area contributed by atoms with Crippen LogP contribution in [0.3, 0.4) is 0 Å². The Bertz CT molecular complexity index is 1220. The van der Waals surface area contributed by atoms with Gasteiger partial charge in [0, 0.05) is 38.6 Å². The molecule has 3 heterocycles. The molecule has 38 heavy (non-hydrogen) atoms. The van der Waals surface area contributed by atoms with E-state index in [0.717, 1.165) is 36.7 Å². The smallest absolute Gasteiger partial charge is 0.246 e. The molecular weight excluding hydrogens is 476 g/mol. The molecule has 1 atom stereocenters. The number of benzene rings is 2. The number of para-hydroxylation sites is 1. The highest BCUT2D eigenvalue weighted by Crippen LogP contribution is 2.35. The Kier molecular flexibility index (Phi) is 7.74. The van der Waals surface area contributed by atoms with Gasteiger partial charge < -0.3 is 15.0 Å². The van der Waals surface area contributed by atoms with Crippen LogP contribution in [0, 0.1) is 5.92 Å². The number of pyridine rings is 1. The molecule has 1 N–H and O–H groups in total. The number of piperazine rings is 1. The lowest BCUT2D eigenvalue weighted by molar-refractivity contribution is -0.162. The summed E-state index contributed by atoms with van der Waals surface area (Å²) >= 11 is 0. The first-order chi connectivity index (χ1) is 18.4. The molecule has 5 rings (SSSR count). The van der Waals surface area contributed by atoms with Gasteiger partial charge in [0.1, 0.15) is 23.1 Å². The van der Waals surface area contributed by atoms with E-state index in [9.17, 15) is 9.59 Å². The van der Waals surface area contributed by atoms with E-state index < -0.39 is 11.6 Å². The number of amides is 2. The summed E-state index contributed by atoms with van der Waals surface area (Å²) in [5.41, 5.74) is 1.36. The Morgan fingerprint density at radius 1 is 0.895 bits per heavy atom. The summed E-state index contributed by atoms with van der Waals surface area (Å²) in [7, 11) is 0. The number of aromatic nitrogens is 1. The van der Waals surface area contributed by atoms with E-state index in [1.165, 1.54) is 5.56 Å². The zero-order valence-electron chi connectivity index (χ0n) is 22.2. The van der Waals surface area contributed by atoms with Crippen LogP contribution in [0.25, 0.3) is 0 Å². The second-order valence-corrected chi connectivity index (χ2v) is 10.8. The molecule has 0 saturated carbocycles. The van der Waals surface area contributed by atoms with Crippen molar-refractivity contribution in [1.29, 1.82) is 0 Å². The molecule has 1 spiro atoms. The third-order valence-corrected chi connectivity index (χ3v) is 7.60. The molecule has 7 nitrogen and oxygen atoms in total. The fourth-order valence-corrected chi connectivity index (χ4v) is 5.53. The number of carbonyl (C=O) groups is 2. The first kappa shape index (κ1) is 25.9. The maximum Gasteiger partial charge on any atom is 0.246 e. The van der Waals surface area contributed by atoms with Gasteiger partial charge in [-0.1, -0.05) is 44.2 Å². The summed E-state index contributed by atoms with van der Waals surface area (Å²) in [6, 6.07) is 21.3. The van der Waals surface area contributed by atoms with Crippen molar-refractivity contribution in [3.8, 4) is 11.5 Å². The second kappa shape index (κ2) is 11.4. The number of carbonyl (C=O) groups excluding carboxylic acids is 2. The first-order valence-corrected chi connectivity index (χ1v) is 13.5. The summed E-state index contributed by atoms with van der Waals surface area (Å²) in [4.78, 5) is 35.6. The number of hydrogen-bond donors (Lipinski definition) is 1. The average molecular weight is 513 g/mol. The van der Waals surface area contributed by atoms with Gasteiger partial charge in [0.05, 0.1) is 0 Å². The van der Waals surface area contributed by atoms with Gasteiger partial charge in [-0.05, 0) is 72.7 Å². The minimum Gasteiger partial charge on any atom is -0.457 e. The SMILES string of the molecule is CC(C)CC1NC(=O)C2(CCN(Cc3ccc(Oc4ccccc4)cc3)CC2)N(Cc2ccncc2)C1=O. The van der Waals surface area contributed by atoms with Crippen LogP contribution >= 0.6 is 0 Å². The lowest BCUT2D eigenvalue weighted by atomic mass is 9.80. The molecule has 2 aromatic carbocycles. The third-order valence-electron chi connectivity index (χ3n) is 7.60. The quantitative estimate of drug-likeness (QED) is 0.470. The monoisotopic (exact) mass is 512 g/mol. The van der Waals surface area contributed by atoms with Crippen LogP contribution < -0.4 is 10.1 Å². The summed E-state index contributed by atoms with van der Waals surface area (Å²) < 4.78 is 5.91. The van der Waals surface area contributed by atoms with E-state index in [0.29, 0.717) is 31.7 Å². The average Bonchev–Trinajstić information content (AvgIpc) is 2.93. The van der Waals surface area contributed by atoms with E-state index in [-0.39, 0.29) is 11.8 Å². The standard InChI is InChI=1S/C31H36N4O3/c1-23(2)20-28-29(36)35(22-25-12-16-32-17-13-25)31(30(37)33-28)14-18-34(19-15-31)21-24-8-10-27(11-9-24)38-26-6-4-3-5-7-26/h3-13,16-17,23,28H,14-15,18-22H2,1-2H3,(H,33,37). The van der Waals surface area contributed by atoms with E-state index in [4.69, 9.17) is 4.74 Å². The lowest BCUT2D eigenvalue weighted by Crippen LogP contribution is -2.72. The molecule has 2 fully saturated rings. The van der Waals surface area contributed by atoms with Crippen LogP contribution in [0.1, 0.15) is 44.2 Å². The van der Waals surface area contributed by atoms with Crippen LogP contribution in [0.15, 0.2) is 79.1 Å². The van der Waals surface area contributed by atoms with Crippen LogP contribution in [-0.2, 0) is 22.7 Å². The number of piperidine rings is 1. The summed E-state index contributed by atoms with van der Waals surface area (Å²) in [6.45, 7) is 6.85. The van der Waals surface area contributed by atoms with Crippen molar-refractivity contribution >= 4 is 11.8 Å². The van der Waals surface area contributed by atoms with Crippen molar-refractivity contribution in [3.05, 3.63) is 90.3 Å². The van der Waals surface area contributed by atoms with E-state index in [1.54, 1.807) is 12.4 Å². The van der Waals surface area contributed by atoms with Crippen molar-refractivity contribution in [2.75, 3.05) is 13.1 Å². The summed E-state index contributed by atoms with van der Waals surface area (Å²) in [5.74, 6) is 1.94. The zero-order valence-corrected chi connectivity index (χ0v) is 22.2. The van der Waals surface area contributed by atoms with Gasteiger partial charge in [-0.25, -0.2) is 0 Å². The van der Waals surface area contributed by atoms with Gasteiger partial charge in [-0.15, -0.1) is 0 Å². The Morgan fingerprint density at radius 2 is 1.53 bits per heavy atom. The largest absolute Gasteiger partial charge is 0.457 e. The Balaban J connectivity index is 1.26. The molecule has 1 unspecified atom stereocenters. The van der Waals surface area contributed by atoms with E-state index in [1.807, 2.05) is 59.5 Å². The van der Waals surface area contributed by atoms with Gasteiger partial charge in [-0.2, -0.15) is 0 Å². The fourth-order valence-electron chi connectivity index (χ4n) is 5.53. The van der Waals surface area contributed by atoms with Crippen molar-refractivity contribution < 1.29 is 14.3 Å². The number of nitrogens with zero attached hydrogens (tertiary/aromatic N) is 3. The van der Waals surface area contributed by atoms with Crippen LogP contribution in [0.5, 0.6) is 11.5 Å². The zero-order chi connectivity index (χ0) is 26.5. The van der Waals surface area contributed by atoms with Gasteiger partial charge in [0.2, 0.25) is 11.8 Å². The van der Waals surface area contributed by atoms with Crippen molar-refractivity contribution in [1.82, 2.24) is 20.1 Å². The Morgan fingerprint density at radius 3 is 2.18 bits per heavy atom. The van der Waals surface area contributed by atoms with Gasteiger partial charge in [-0.3, -0.25) is 19.5 Å². The third kappa shape index (κ3) is 5.73. The maximum atomic E-state index is 13.7. The predicted molar refractivity (Wildman–Crippen MR) is 146 cm³/mol. The predicted octanol–water partition coefficient (Wildman–Crippen LogP) is 4.78. The van der Waals surface area contributed by atoms with Crippen LogP contribution in [0.2, 0.25) is 0 Å². The van der Waals surface area contributed by atoms with E-state index in [2.05, 4.69) is 41.2 Å². The van der Waals surface area contributed by atoms with E-state index >= 15 is 0 Å². The molecule has 198 valence electrons. The topological polar surface area (TPSA) is 74.8 Å². The minimum atomic E-state index is -0.822. The lowest BCUT2D eigenvalue weighted by Gasteiger charge is -2.52. The van der Waals surface area contributed by atoms with Gasteiger partial charge >= 0.3 is 0 Å². The molecule has 0 bridgehead atoms. The molecule has 7 heteroatoms. The number of rotatable bonds is 8. The molecule has 1 aromatic heterocycles. The molecule has 2 aliphatic heterocycles. The molecular formula is C31H36N4O3. The highest BCUT2D eigenvalue weighted by molar-refractivity contribution is 6.00. The maximum absolute atomic E-state index is 13.7. The first-order valence-electron chi connectivity index (χ1n) is 13.5. The Labute approximate surface area is 224 Å². The number of nitrogens with one attached hydrogen (secondary N) is 1. The normalized spacial score (nSPS) is 19.6. The fraction of sp³-hybridized carbons (Fsp3) is 0.387. The van der Waals surface area contributed by atoms with Crippen LogP contribution in [-0.4, -0.2) is 51.3 Å². The number of ether oxygens (including phenoxy) is 1. The molecule has 2 aliphatic rings. The number of likely N-dealkylation sites (tertiary alicyclic amines) is 1. The van der Waals surface area contributed by atoms with Crippen molar-refractivity contribution in [2.45, 2.75) is 57.8 Å².